The molecule has 0 bridgehead atoms. The van der Waals surface area contributed by atoms with Gasteiger partial charge in [-0.25, -0.2) is 0 Å². The van der Waals surface area contributed by atoms with Crippen molar-refractivity contribution >= 4 is 23.3 Å². The number of aromatic amines is 1. The molecule has 1 fully saturated rings. The summed E-state index contributed by atoms with van der Waals surface area (Å²) in [5.74, 6) is 0. The van der Waals surface area contributed by atoms with E-state index in [1.165, 1.54) is 5.52 Å². The molecule has 2 aromatic rings. The Kier molecular flexibility index (Phi) is 2.76. The highest BCUT2D eigenvalue weighted by atomic mass is 32.1. The SMILES string of the molecule is COC1CCC(n2c(=S)[nH]c3ccccc32)C1. The molecule has 1 heterocycles. The van der Waals surface area contributed by atoms with E-state index in [9.17, 15) is 0 Å². The molecule has 2 unspecified atom stereocenters. The molecular formula is C13H16N2OS. The minimum absolute atomic E-state index is 0.385. The molecule has 0 radical (unpaired) electrons. The van der Waals surface area contributed by atoms with Gasteiger partial charge < -0.3 is 14.3 Å². The first-order chi connectivity index (χ1) is 8.29. The van der Waals surface area contributed by atoms with Gasteiger partial charge in [0.15, 0.2) is 4.77 Å². The molecule has 0 saturated heterocycles. The molecule has 1 aliphatic rings. The van der Waals surface area contributed by atoms with Crippen LogP contribution in [-0.4, -0.2) is 22.8 Å². The van der Waals surface area contributed by atoms with Crippen LogP contribution in [0.4, 0.5) is 0 Å². The molecule has 2 atom stereocenters. The third-order valence-corrected chi connectivity index (χ3v) is 3.98. The van der Waals surface area contributed by atoms with E-state index in [4.69, 9.17) is 17.0 Å². The first kappa shape index (κ1) is 11.0. The second-order valence-corrected chi connectivity index (χ2v) is 5.03. The van der Waals surface area contributed by atoms with Crippen LogP contribution in [0.1, 0.15) is 25.3 Å². The van der Waals surface area contributed by atoms with E-state index in [1.807, 2.05) is 6.07 Å². The lowest BCUT2D eigenvalue weighted by atomic mass is 10.2. The van der Waals surface area contributed by atoms with Crippen molar-refractivity contribution in [2.45, 2.75) is 31.4 Å². The molecule has 1 aromatic heterocycles. The van der Waals surface area contributed by atoms with Gasteiger partial charge in [0.05, 0.1) is 17.1 Å². The Hall–Kier alpha value is -1.13. The number of H-pyrrole nitrogens is 1. The highest BCUT2D eigenvalue weighted by Crippen LogP contribution is 2.34. The number of benzene rings is 1. The molecule has 0 amide bonds. The maximum absolute atomic E-state index is 5.43. The quantitative estimate of drug-likeness (QED) is 0.825. The van der Waals surface area contributed by atoms with Crippen LogP contribution in [0, 0.1) is 4.77 Å². The number of rotatable bonds is 2. The van der Waals surface area contributed by atoms with Crippen molar-refractivity contribution in [3.05, 3.63) is 29.0 Å². The van der Waals surface area contributed by atoms with Crippen LogP contribution in [0.2, 0.25) is 0 Å². The molecule has 0 aliphatic heterocycles. The van der Waals surface area contributed by atoms with Crippen molar-refractivity contribution in [2.24, 2.45) is 0 Å². The monoisotopic (exact) mass is 248 g/mol. The average Bonchev–Trinajstić information content (AvgIpc) is 2.91. The van der Waals surface area contributed by atoms with Gasteiger partial charge >= 0.3 is 0 Å². The minimum atomic E-state index is 0.385. The van der Waals surface area contributed by atoms with Crippen LogP contribution in [0.15, 0.2) is 24.3 Å². The van der Waals surface area contributed by atoms with Gasteiger partial charge in [0, 0.05) is 13.2 Å². The van der Waals surface area contributed by atoms with Gasteiger partial charge in [-0.3, -0.25) is 0 Å². The predicted molar refractivity (Wildman–Crippen MR) is 70.8 cm³/mol. The second-order valence-electron chi connectivity index (χ2n) is 4.64. The fourth-order valence-corrected chi connectivity index (χ4v) is 3.16. The molecule has 17 heavy (non-hydrogen) atoms. The third-order valence-electron chi connectivity index (χ3n) is 3.68. The third kappa shape index (κ3) is 1.81. The molecular weight excluding hydrogens is 232 g/mol. The first-order valence-electron chi connectivity index (χ1n) is 6.01. The molecule has 3 nitrogen and oxygen atoms in total. The number of methoxy groups -OCH3 is 1. The lowest BCUT2D eigenvalue weighted by molar-refractivity contribution is 0.106. The summed E-state index contributed by atoms with van der Waals surface area (Å²) >= 11 is 5.43. The molecule has 1 aliphatic carbocycles. The summed E-state index contributed by atoms with van der Waals surface area (Å²) in [5.41, 5.74) is 2.33. The number of aromatic nitrogens is 2. The van der Waals surface area contributed by atoms with Gasteiger partial charge in [0.2, 0.25) is 0 Å². The maximum atomic E-state index is 5.43. The van der Waals surface area contributed by atoms with Crippen LogP contribution in [0.3, 0.4) is 0 Å². The fraction of sp³-hybridized carbons (Fsp3) is 0.462. The maximum Gasteiger partial charge on any atom is 0.178 e. The van der Waals surface area contributed by atoms with Gasteiger partial charge in [-0.2, -0.15) is 0 Å². The second kappa shape index (κ2) is 4.27. The number of imidazole rings is 1. The van der Waals surface area contributed by atoms with Crippen LogP contribution in [-0.2, 0) is 4.74 Å². The first-order valence-corrected chi connectivity index (χ1v) is 6.42. The Morgan fingerprint density at radius 1 is 1.35 bits per heavy atom. The Morgan fingerprint density at radius 3 is 2.94 bits per heavy atom. The Morgan fingerprint density at radius 2 is 2.18 bits per heavy atom. The van der Waals surface area contributed by atoms with E-state index < -0.39 is 0 Å². The molecule has 3 rings (SSSR count). The zero-order valence-electron chi connectivity index (χ0n) is 9.85. The molecule has 4 heteroatoms. The Bertz CT molecular complexity index is 586. The van der Waals surface area contributed by atoms with Crippen LogP contribution < -0.4 is 0 Å². The van der Waals surface area contributed by atoms with Crippen molar-refractivity contribution in [2.75, 3.05) is 7.11 Å². The van der Waals surface area contributed by atoms with E-state index in [-0.39, 0.29) is 0 Å². The van der Waals surface area contributed by atoms with Crippen molar-refractivity contribution in [1.82, 2.24) is 9.55 Å². The Labute approximate surface area is 105 Å². The summed E-state index contributed by atoms with van der Waals surface area (Å²) in [6.07, 6.45) is 3.72. The molecule has 1 N–H and O–H groups in total. The van der Waals surface area contributed by atoms with Crippen LogP contribution in [0.5, 0.6) is 0 Å². The largest absolute Gasteiger partial charge is 0.381 e. The number of para-hydroxylation sites is 2. The lowest BCUT2D eigenvalue weighted by Crippen LogP contribution is -2.08. The number of fused-ring (bicyclic) bond motifs is 1. The van der Waals surface area contributed by atoms with Crippen molar-refractivity contribution < 1.29 is 4.74 Å². The van der Waals surface area contributed by atoms with Crippen LogP contribution >= 0.6 is 12.2 Å². The number of nitrogens with zero attached hydrogens (tertiary/aromatic N) is 1. The summed E-state index contributed by atoms with van der Waals surface area (Å²) in [6, 6.07) is 8.77. The standard InChI is InChI=1S/C13H16N2OS/c1-16-10-7-6-9(8-10)15-12-5-3-2-4-11(12)14-13(15)17/h2-5,9-10H,6-8H2,1H3,(H,14,17). The van der Waals surface area contributed by atoms with Gasteiger partial charge in [-0.05, 0) is 43.6 Å². The van der Waals surface area contributed by atoms with Gasteiger partial charge in [-0.1, -0.05) is 12.1 Å². The number of ether oxygens (including phenoxy) is 1. The topological polar surface area (TPSA) is 29.9 Å². The highest BCUT2D eigenvalue weighted by Gasteiger charge is 2.27. The van der Waals surface area contributed by atoms with Crippen LogP contribution in [0.25, 0.3) is 11.0 Å². The van der Waals surface area contributed by atoms with Crippen molar-refractivity contribution in [1.29, 1.82) is 0 Å². The zero-order chi connectivity index (χ0) is 11.8. The number of nitrogens with one attached hydrogen (secondary N) is 1. The number of hydrogen-bond acceptors (Lipinski definition) is 2. The lowest BCUT2D eigenvalue weighted by Gasteiger charge is -2.13. The van der Waals surface area contributed by atoms with E-state index >= 15 is 0 Å². The number of hydrogen-bond donors (Lipinski definition) is 1. The summed E-state index contributed by atoms with van der Waals surface area (Å²) in [4.78, 5) is 3.27. The van der Waals surface area contributed by atoms with E-state index in [0.29, 0.717) is 12.1 Å². The summed E-state index contributed by atoms with van der Waals surface area (Å²) in [7, 11) is 1.79. The molecule has 1 aromatic carbocycles. The van der Waals surface area contributed by atoms with Crippen molar-refractivity contribution in [3.63, 3.8) is 0 Å². The highest BCUT2D eigenvalue weighted by molar-refractivity contribution is 7.71. The van der Waals surface area contributed by atoms with E-state index in [2.05, 4.69) is 27.8 Å². The summed E-state index contributed by atoms with van der Waals surface area (Å²) in [5, 5.41) is 0. The summed E-state index contributed by atoms with van der Waals surface area (Å²) in [6.45, 7) is 0. The summed E-state index contributed by atoms with van der Waals surface area (Å²) < 4.78 is 8.51. The minimum Gasteiger partial charge on any atom is -0.381 e. The normalized spacial score (nSPS) is 24.5. The average molecular weight is 248 g/mol. The van der Waals surface area contributed by atoms with Gasteiger partial charge in [0.1, 0.15) is 0 Å². The van der Waals surface area contributed by atoms with Gasteiger partial charge in [-0.15, -0.1) is 0 Å². The van der Waals surface area contributed by atoms with Gasteiger partial charge in [0.25, 0.3) is 0 Å². The smallest absolute Gasteiger partial charge is 0.178 e. The fourth-order valence-electron chi connectivity index (χ4n) is 2.80. The van der Waals surface area contributed by atoms with E-state index in [0.717, 1.165) is 29.6 Å². The Balaban J connectivity index is 2.06. The van der Waals surface area contributed by atoms with Crippen molar-refractivity contribution in [3.8, 4) is 0 Å². The predicted octanol–water partition coefficient (Wildman–Crippen LogP) is 3.44. The molecule has 1 saturated carbocycles. The zero-order valence-corrected chi connectivity index (χ0v) is 10.7. The van der Waals surface area contributed by atoms with E-state index in [1.54, 1.807) is 7.11 Å². The molecule has 0 spiro atoms. The molecule has 90 valence electrons.